The minimum absolute atomic E-state index is 0. The summed E-state index contributed by atoms with van der Waals surface area (Å²) < 4.78 is 1.65. The number of aryl methyl sites for hydroxylation is 1. The van der Waals surface area contributed by atoms with Crippen LogP contribution in [0.3, 0.4) is 0 Å². The first kappa shape index (κ1) is 20.7. The number of benzene rings is 1. The highest BCUT2D eigenvalue weighted by Crippen LogP contribution is 2.24. The maximum absolute atomic E-state index is 12.5. The van der Waals surface area contributed by atoms with Gasteiger partial charge in [-0.05, 0) is 44.0 Å². The molecular weight excluding hydrogens is 373 g/mol. The molecule has 1 saturated heterocycles. The smallest absolute Gasteiger partial charge is 0.229 e. The molecule has 0 radical (unpaired) electrons. The zero-order chi connectivity index (χ0) is 17.8. The van der Waals surface area contributed by atoms with Crippen LogP contribution in [0.4, 0.5) is 5.95 Å². The molecule has 2 aromatic rings. The van der Waals surface area contributed by atoms with Crippen molar-refractivity contribution in [2.75, 3.05) is 18.4 Å². The number of aromatic nitrogens is 3. The molecule has 0 aliphatic carbocycles. The van der Waals surface area contributed by atoms with Gasteiger partial charge >= 0.3 is 0 Å². The van der Waals surface area contributed by atoms with Gasteiger partial charge in [0.05, 0.1) is 0 Å². The summed E-state index contributed by atoms with van der Waals surface area (Å²) in [6, 6.07) is 7.61. The monoisotopic (exact) mass is 397 g/mol. The Balaban J connectivity index is 0.00000243. The van der Waals surface area contributed by atoms with Gasteiger partial charge in [-0.2, -0.15) is 10.1 Å². The van der Waals surface area contributed by atoms with Gasteiger partial charge in [-0.3, -0.25) is 10.1 Å². The highest BCUT2D eigenvalue weighted by Gasteiger charge is 2.22. The van der Waals surface area contributed by atoms with E-state index in [1.165, 1.54) is 0 Å². The fraction of sp³-hybridized carbons (Fsp3) is 0.500. The fourth-order valence-electron chi connectivity index (χ4n) is 3.09. The summed E-state index contributed by atoms with van der Waals surface area (Å²) in [5, 5.41) is 11.4. The number of hydrogen-bond acceptors (Lipinski definition) is 4. The number of hydrogen-bond donors (Lipinski definition) is 2. The summed E-state index contributed by atoms with van der Waals surface area (Å²) in [7, 11) is 1.81. The van der Waals surface area contributed by atoms with Crippen LogP contribution in [-0.4, -0.2) is 33.8 Å². The van der Waals surface area contributed by atoms with Crippen LogP contribution < -0.4 is 10.6 Å². The van der Waals surface area contributed by atoms with Crippen molar-refractivity contribution in [3.05, 3.63) is 40.7 Å². The summed E-state index contributed by atoms with van der Waals surface area (Å²) in [6.45, 7) is 3.86. The van der Waals surface area contributed by atoms with Crippen molar-refractivity contribution in [3.8, 4) is 0 Å². The molecule has 1 aromatic heterocycles. The van der Waals surface area contributed by atoms with Crippen molar-refractivity contribution in [2.45, 2.75) is 32.1 Å². The van der Waals surface area contributed by atoms with E-state index in [0.717, 1.165) is 37.3 Å². The lowest BCUT2D eigenvalue weighted by Crippen LogP contribution is -2.27. The van der Waals surface area contributed by atoms with E-state index in [0.29, 0.717) is 23.3 Å². The summed E-state index contributed by atoms with van der Waals surface area (Å²) in [4.78, 5) is 17.1. The van der Waals surface area contributed by atoms with Gasteiger partial charge in [0.1, 0.15) is 0 Å². The minimum Gasteiger partial charge on any atom is -0.317 e. The van der Waals surface area contributed by atoms with E-state index in [-0.39, 0.29) is 24.2 Å². The number of piperidine rings is 1. The number of anilines is 1. The molecule has 2 heterocycles. The van der Waals surface area contributed by atoms with E-state index in [4.69, 9.17) is 11.6 Å². The van der Waals surface area contributed by atoms with Gasteiger partial charge in [-0.1, -0.05) is 36.7 Å². The van der Waals surface area contributed by atoms with Crippen LogP contribution in [0.25, 0.3) is 0 Å². The summed E-state index contributed by atoms with van der Waals surface area (Å²) >= 11 is 6.18. The third-order valence-electron chi connectivity index (χ3n) is 4.65. The lowest BCUT2D eigenvalue weighted by Gasteiger charge is -2.19. The van der Waals surface area contributed by atoms with Gasteiger partial charge in [0.2, 0.25) is 11.9 Å². The van der Waals surface area contributed by atoms with Crippen LogP contribution in [0.15, 0.2) is 24.3 Å². The van der Waals surface area contributed by atoms with Crippen LogP contribution in [0.2, 0.25) is 5.02 Å². The van der Waals surface area contributed by atoms with Crippen LogP contribution in [-0.2, 0) is 18.3 Å². The summed E-state index contributed by atoms with van der Waals surface area (Å²) in [5.74, 6) is 1.40. The lowest BCUT2D eigenvalue weighted by molar-refractivity contribution is -0.119. The molecule has 1 unspecified atom stereocenters. The van der Waals surface area contributed by atoms with Crippen molar-refractivity contribution < 1.29 is 4.79 Å². The number of halogens is 2. The van der Waals surface area contributed by atoms with E-state index in [1.807, 2.05) is 38.2 Å². The fourth-order valence-corrected chi connectivity index (χ4v) is 3.30. The molecule has 1 aromatic carbocycles. The van der Waals surface area contributed by atoms with Crippen molar-refractivity contribution in [1.29, 1.82) is 0 Å². The predicted molar refractivity (Wildman–Crippen MR) is 106 cm³/mol. The maximum Gasteiger partial charge on any atom is 0.229 e. The van der Waals surface area contributed by atoms with Gasteiger partial charge in [0.25, 0.3) is 0 Å². The Hall–Kier alpha value is -1.63. The lowest BCUT2D eigenvalue weighted by atomic mass is 9.98. The molecule has 142 valence electrons. The number of amides is 1. The number of carbonyl (C=O) groups excluding carboxylic acids is 1. The zero-order valence-electron chi connectivity index (χ0n) is 15.0. The molecule has 1 aliphatic rings. The Morgan fingerprint density at radius 3 is 2.77 bits per heavy atom. The predicted octanol–water partition coefficient (Wildman–Crippen LogP) is 3.17. The Morgan fingerprint density at radius 1 is 1.38 bits per heavy atom. The number of rotatable bonds is 5. The Kier molecular flexibility index (Phi) is 7.43. The van der Waals surface area contributed by atoms with E-state index in [2.05, 4.69) is 20.7 Å². The van der Waals surface area contributed by atoms with Crippen LogP contribution in [0.1, 0.15) is 37.1 Å². The quantitative estimate of drug-likeness (QED) is 0.812. The molecule has 26 heavy (non-hydrogen) atoms. The highest BCUT2D eigenvalue weighted by molar-refractivity contribution is 6.31. The normalized spacial score (nSPS) is 16.0. The molecular formula is C18H25Cl2N5O. The molecule has 1 amide bonds. The third-order valence-corrected chi connectivity index (χ3v) is 5.02. The molecule has 6 nitrogen and oxygen atoms in total. The topological polar surface area (TPSA) is 71.8 Å². The first-order valence-electron chi connectivity index (χ1n) is 8.70. The third kappa shape index (κ3) is 4.96. The maximum atomic E-state index is 12.5. The average Bonchev–Trinajstić information content (AvgIpc) is 2.98. The molecule has 8 heteroatoms. The Bertz CT molecular complexity index is 743. The van der Waals surface area contributed by atoms with Gasteiger partial charge in [0, 0.05) is 23.9 Å². The molecule has 1 fully saturated rings. The molecule has 3 rings (SSSR count). The number of nitrogens with zero attached hydrogens (tertiary/aromatic N) is 3. The number of carbonyl (C=O) groups is 1. The van der Waals surface area contributed by atoms with Crippen molar-refractivity contribution in [1.82, 2.24) is 20.1 Å². The molecule has 0 bridgehead atoms. The standard InChI is InChI=1S/C18H24ClN5O.ClH/c1-12(11-14-5-3-4-6-15(14)19)17(25)22-18-21-16(23-24(18)2)13-7-9-20-10-8-13;/h3-6,12-13,20H,7-11H2,1-2H3,(H,21,22,23,25);1H. The largest absolute Gasteiger partial charge is 0.317 e. The van der Waals surface area contributed by atoms with Crippen LogP contribution >= 0.6 is 24.0 Å². The average molecular weight is 398 g/mol. The zero-order valence-corrected chi connectivity index (χ0v) is 16.6. The van der Waals surface area contributed by atoms with E-state index >= 15 is 0 Å². The molecule has 0 saturated carbocycles. The van der Waals surface area contributed by atoms with Crippen molar-refractivity contribution in [2.24, 2.45) is 13.0 Å². The summed E-state index contributed by atoms with van der Waals surface area (Å²) in [5.41, 5.74) is 0.972. The second-order valence-corrected chi connectivity index (χ2v) is 7.03. The molecule has 1 atom stereocenters. The first-order valence-corrected chi connectivity index (χ1v) is 9.08. The second kappa shape index (κ2) is 9.35. The second-order valence-electron chi connectivity index (χ2n) is 6.63. The molecule has 1 aliphatic heterocycles. The van der Waals surface area contributed by atoms with Gasteiger partial charge in [0.15, 0.2) is 5.82 Å². The van der Waals surface area contributed by atoms with Crippen molar-refractivity contribution >= 4 is 35.9 Å². The Morgan fingerprint density at radius 2 is 2.08 bits per heavy atom. The Labute approximate surface area is 165 Å². The van der Waals surface area contributed by atoms with Crippen LogP contribution in [0.5, 0.6) is 0 Å². The summed E-state index contributed by atoms with van der Waals surface area (Å²) in [6.07, 6.45) is 2.64. The number of nitrogens with one attached hydrogen (secondary N) is 2. The first-order chi connectivity index (χ1) is 12.0. The molecule has 0 spiro atoms. The minimum atomic E-state index is -0.209. The van der Waals surface area contributed by atoms with Gasteiger partial charge in [-0.25, -0.2) is 4.68 Å². The van der Waals surface area contributed by atoms with E-state index in [1.54, 1.807) is 4.68 Å². The van der Waals surface area contributed by atoms with E-state index < -0.39 is 0 Å². The SMILES string of the molecule is CC(Cc1ccccc1Cl)C(=O)Nc1nc(C2CCNCC2)nn1C.Cl. The molecule has 2 N–H and O–H groups in total. The van der Waals surface area contributed by atoms with Gasteiger partial charge < -0.3 is 5.32 Å². The van der Waals surface area contributed by atoms with Gasteiger partial charge in [-0.15, -0.1) is 12.4 Å². The van der Waals surface area contributed by atoms with Crippen LogP contribution in [0, 0.1) is 5.92 Å². The van der Waals surface area contributed by atoms with E-state index in [9.17, 15) is 4.79 Å². The highest BCUT2D eigenvalue weighted by atomic mass is 35.5. The van der Waals surface area contributed by atoms with Crippen molar-refractivity contribution in [3.63, 3.8) is 0 Å².